The van der Waals surface area contributed by atoms with Crippen molar-refractivity contribution in [3.63, 3.8) is 0 Å². The Morgan fingerprint density at radius 2 is 1.28 bits per heavy atom. The molecule has 0 rings (SSSR count). The first-order valence-corrected chi connectivity index (χ1v) is 24.0. The Kier molecular flexibility index (Phi) is 28.2. The van der Waals surface area contributed by atoms with E-state index in [9.17, 15) is 4.79 Å². The molecule has 1 amide bonds. The summed E-state index contributed by atoms with van der Waals surface area (Å²) in [4.78, 5) is 19.3. The van der Waals surface area contributed by atoms with Gasteiger partial charge in [0.25, 0.3) is 0 Å². The Bertz CT molecular complexity index is 416. The third-order valence-corrected chi connectivity index (χ3v) is 13.2. The Morgan fingerprint density at radius 1 is 0.812 bits per heavy atom. The number of carbonyl (C=O) groups excluding carboxylic acids is 1. The Labute approximate surface area is 217 Å². The fraction of sp³-hybridized carbons (Fsp3) is 0.950. The van der Waals surface area contributed by atoms with Crippen LogP contribution in [0.1, 0.15) is 0 Å². The number of hydrogen-bond acceptors (Lipinski definition) is 9. The van der Waals surface area contributed by atoms with Gasteiger partial charge in [0.2, 0.25) is 0 Å². The van der Waals surface area contributed by atoms with Crippen molar-refractivity contribution in [3.05, 3.63) is 0 Å². The molecule has 0 aromatic heterocycles. The van der Waals surface area contributed by atoms with Crippen molar-refractivity contribution >= 4 is 42.2 Å². The van der Waals surface area contributed by atoms with Crippen molar-refractivity contribution in [2.45, 2.75) is 0 Å². The zero-order chi connectivity index (χ0) is 23.7. The minimum absolute atomic E-state index is 0.118. The van der Waals surface area contributed by atoms with Crippen molar-refractivity contribution in [3.8, 4) is 0 Å². The Hall–Kier alpha value is 1.39. The quantitative estimate of drug-likeness (QED) is 0.0742. The summed E-state index contributed by atoms with van der Waals surface area (Å²) in [5.74, 6) is 2.18. The van der Waals surface area contributed by atoms with Crippen LogP contribution in [-0.4, -0.2) is 119 Å². The van der Waals surface area contributed by atoms with E-state index in [1.165, 1.54) is 0 Å². The van der Waals surface area contributed by atoms with Gasteiger partial charge in [0.1, 0.15) is 0 Å². The number of ether oxygens (including phenoxy) is 6. The summed E-state index contributed by atoms with van der Waals surface area (Å²) in [7, 11) is 5.60. The van der Waals surface area contributed by atoms with Crippen LogP contribution in [0.3, 0.4) is 0 Å². The summed E-state index contributed by atoms with van der Waals surface area (Å²) in [5, 5.41) is 3.02. The molecule has 0 saturated heterocycles. The second kappa shape index (κ2) is 27.0. The van der Waals surface area contributed by atoms with E-state index in [1.807, 2.05) is 17.9 Å². The summed E-state index contributed by atoms with van der Waals surface area (Å²) < 4.78 is 32.0. The molecular formula is C20H42I2NO7S2-. The van der Waals surface area contributed by atoms with Gasteiger partial charge in [0.15, 0.2) is 0 Å². The molecule has 0 heterocycles. The van der Waals surface area contributed by atoms with Crippen LogP contribution in [0.4, 0.5) is 0 Å². The Balaban J connectivity index is 3.42. The predicted molar refractivity (Wildman–Crippen MR) is 139 cm³/mol. The van der Waals surface area contributed by atoms with Gasteiger partial charge in [-0.25, -0.2) is 0 Å². The minimum atomic E-state index is -0.856. The standard InChI is InChI=1S/C20H42I2NO7S2/c1-21-31-17-19(18-32-22(2)3)20(24)23-5-6-26-9-10-28-13-14-30-16-15-29-12-11-27-8-7-25-4/h19H,5-18H2,1-4H3,(H,23,24)/q-1. The van der Waals surface area contributed by atoms with Gasteiger partial charge in [0, 0.05) is 7.11 Å². The molecule has 0 aliphatic carbocycles. The molecule has 0 radical (unpaired) electrons. The van der Waals surface area contributed by atoms with E-state index >= 15 is 0 Å². The molecule has 32 heavy (non-hydrogen) atoms. The van der Waals surface area contributed by atoms with Gasteiger partial charge in [0.05, 0.1) is 46.2 Å². The third-order valence-electron chi connectivity index (χ3n) is 3.69. The van der Waals surface area contributed by atoms with Gasteiger partial charge in [-0.05, 0) is 0 Å². The molecule has 12 heteroatoms. The van der Waals surface area contributed by atoms with Crippen LogP contribution >= 0.6 is 36.3 Å². The van der Waals surface area contributed by atoms with E-state index in [0.717, 1.165) is 11.5 Å². The van der Waals surface area contributed by atoms with Crippen molar-refractivity contribution in [2.24, 2.45) is 5.92 Å². The molecule has 0 aromatic rings. The van der Waals surface area contributed by atoms with Crippen LogP contribution in [0.5, 0.6) is 0 Å². The van der Waals surface area contributed by atoms with Gasteiger partial charge < -0.3 is 18.9 Å². The Morgan fingerprint density at radius 3 is 1.72 bits per heavy atom. The molecular weight excluding hydrogens is 684 g/mol. The summed E-state index contributed by atoms with van der Waals surface area (Å²) in [6.07, 6.45) is 0. The number of amides is 1. The molecule has 1 unspecified atom stereocenters. The monoisotopic (exact) mass is 726 g/mol. The SMILES string of the molecule is COCCOCCOCCOCCOCCOCCNC(=O)C(CS[I-]C)CSI(C)C. The topological polar surface area (TPSA) is 84.5 Å². The summed E-state index contributed by atoms with van der Waals surface area (Å²) in [6.45, 7) is 6.52. The average molecular weight is 726 g/mol. The molecule has 196 valence electrons. The van der Waals surface area contributed by atoms with Gasteiger partial charge in [-0.2, -0.15) is 0 Å². The van der Waals surface area contributed by atoms with Crippen LogP contribution in [0.25, 0.3) is 0 Å². The third kappa shape index (κ3) is 24.5. The van der Waals surface area contributed by atoms with E-state index in [0.29, 0.717) is 79.2 Å². The number of nitrogens with one attached hydrogen (secondary N) is 1. The molecule has 0 bridgehead atoms. The van der Waals surface area contributed by atoms with Crippen molar-refractivity contribution in [1.29, 1.82) is 0 Å². The van der Waals surface area contributed by atoms with E-state index in [1.54, 1.807) is 7.11 Å². The van der Waals surface area contributed by atoms with Gasteiger partial charge >= 0.3 is 147 Å². The van der Waals surface area contributed by atoms with E-state index < -0.39 is 18.4 Å². The summed E-state index contributed by atoms with van der Waals surface area (Å²) in [5.41, 5.74) is 0. The van der Waals surface area contributed by atoms with Gasteiger partial charge in [-0.1, -0.05) is 0 Å². The van der Waals surface area contributed by atoms with Crippen LogP contribution in [0.15, 0.2) is 0 Å². The molecule has 0 aromatic carbocycles. The molecule has 0 spiro atoms. The van der Waals surface area contributed by atoms with Crippen LogP contribution < -0.4 is 25.1 Å². The molecule has 1 N–H and O–H groups in total. The van der Waals surface area contributed by atoms with Gasteiger partial charge in [-0.15, -0.1) is 0 Å². The second-order valence-electron chi connectivity index (χ2n) is 6.44. The van der Waals surface area contributed by atoms with E-state index in [-0.39, 0.29) is 31.6 Å². The number of rotatable bonds is 25. The van der Waals surface area contributed by atoms with E-state index in [4.69, 9.17) is 28.4 Å². The maximum atomic E-state index is 12.4. The van der Waals surface area contributed by atoms with Crippen molar-refractivity contribution in [1.82, 2.24) is 5.32 Å². The summed E-state index contributed by atoms with van der Waals surface area (Å²) in [6, 6.07) is 0. The molecule has 0 aliphatic heterocycles. The van der Waals surface area contributed by atoms with Crippen LogP contribution in [0.2, 0.25) is 0 Å². The zero-order valence-corrected chi connectivity index (χ0v) is 25.9. The number of hydrogen-bond donors (Lipinski definition) is 1. The number of alkyl halides is 3. The van der Waals surface area contributed by atoms with Gasteiger partial charge in [-0.3, -0.25) is 0 Å². The average Bonchev–Trinajstić information content (AvgIpc) is 2.78. The predicted octanol–water partition coefficient (Wildman–Crippen LogP) is -0.771. The van der Waals surface area contributed by atoms with Crippen molar-refractivity contribution < 1.29 is 53.0 Å². The number of carbonyl (C=O) groups is 1. The van der Waals surface area contributed by atoms with Crippen LogP contribution in [0, 0.1) is 5.92 Å². The van der Waals surface area contributed by atoms with E-state index in [2.05, 4.69) is 20.1 Å². The first kappa shape index (κ1) is 33.4. The fourth-order valence-corrected chi connectivity index (χ4v) is 9.27. The number of halogens is 2. The van der Waals surface area contributed by atoms with Crippen LogP contribution in [-0.2, 0) is 33.2 Å². The zero-order valence-electron chi connectivity index (χ0n) is 19.9. The summed E-state index contributed by atoms with van der Waals surface area (Å²) >= 11 is -0.693. The van der Waals surface area contributed by atoms with Crippen molar-refractivity contribution in [2.75, 3.05) is 113 Å². The second-order valence-corrected chi connectivity index (χ2v) is 22.3. The first-order valence-electron chi connectivity index (χ1n) is 10.5. The molecule has 0 fully saturated rings. The normalized spacial score (nSPS) is 12.8. The molecule has 0 saturated carbocycles. The molecule has 8 nitrogen and oxygen atoms in total. The number of methoxy groups -OCH3 is 1. The molecule has 0 aliphatic rings. The first-order chi connectivity index (χ1) is 15.6. The molecule has 1 atom stereocenters. The maximum absolute atomic E-state index is 12.4. The fourth-order valence-electron chi connectivity index (χ4n) is 2.06.